The normalized spacial score (nSPS) is 25.2. The first-order valence-electron chi connectivity index (χ1n) is 9.79. The minimum Gasteiger partial charge on any atom is -0.459 e. The van der Waals surface area contributed by atoms with E-state index in [-0.39, 0.29) is 24.3 Å². The minimum absolute atomic E-state index is 0.0107. The Balaban J connectivity index is 1.93. The molecule has 5 nitrogen and oxygen atoms in total. The van der Waals surface area contributed by atoms with Gasteiger partial charge in [-0.3, -0.25) is 4.79 Å². The van der Waals surface area contributed by atoms with Crippen molar-refractivity contribution in [3.05, 3.63) is 46.1 Å². The molecule has 1 fully saturated rings. The number of halogens is 1. The van der Waals surface area contributed by atoms with E-state index in [1.54, 1.807) is 0 Å². The summed E-state index contributed by atoms with van der Waals surface area (Å²) in [6.07, 6.45) is 5.01. The highest BCUT2D eigenvalue weighted by atomic mass is 79.9. The number of ether oxygens (including phenoxy) is 2. The molecule has 0 saturated carbocycles. The van der Waals surface area contributed by atoms with Gasteiger partial charge in [0.1, 0.15) is 0 Å². The van der Waals surface area contributed by atoms with Crippen molar-refractivity contribution in [3.63, 3.8) is 0 Å². The molecule has 27 heavy (non-hydrogen) atoms. The second kappa shape index (κ2) is 9.71. The van der Waals surface area contributed by atoms with Gasteiger partial charge >= 0.3 is 0 Å². The van der Waals surface area contributed by atoms with Crippen molar-refractivity contribution in [1.82, 2.24) is 4.90 Å². The van der Waals surface area contributed by atoms with E-state index in [1.807, 2.05) is 30.0 Å². The summed E-state index contributed by atoms with van der Waals surface area (Å²) < 4.78 is 12.9. The fourth-order valence-corrected chi connectivity index (χ4v) is 4.16. The first-order valence-corrected chi connectivity index (χ1v) is 10.6. The number of rotatable bonds is 7. The van der Waals surface area contributed by atoms with Crippen LogP contribution in [0.1, 0.15) is 44.1 Å². The van der Waals surface area contributed by atoms with Crippen molar-refractivity contribution in [3.8, 4) is 0 Å². The molecule has 3 rings (SSSR count). The molecule has 1 aromatic rings. The number of amides is 1. The lowest BCUT2D eigenvalue weighted by Gasteiger charge is -2.37. The van der Waals surface area contributed by atoms with Crippen molar-refractivity contribution < 1.29 is 19.4 Å². The van der Waals surface area contributed by atoms with Crippen LogP contribution in [0, 0.1) is 5.92 Å². The Bertz CT molecular complexity index is 655. The van der Waals surface area contributed by atoms with Crippen molar-refractivity contribution in [2.24, 2.45) is 5.92 Å². The predicted molar refractivity (Wildman–Crippen MR) is 107 cm³/mol. The highest BCUT2D eigenvalue weighted by molar-refractivity contribution is 9.10. The smallest absolute Gasteiger partial charge is 0.288 e. The fourth-order valence-electron chi connectivity index (χ4n) is 3.90. The van der Waals surface area contributed by atoms with Crippen LogP contribution in [0.5, 0.6) is 0 Å². The van der Waals surface area contributed by atoms with Gasteiger partial charge in [0.05, 0.1) is 0 Å². The first-order chi connectivity index (χ1) is 13.1. The van der Waals surface area contributed by atoms with Crippen LogP contribution in [0.2, 0.25) is 0 Å². The Morgan fingerprint density at radius 2 is 2.00 bits per heavy atom. The molecule has 0 bridgehead atoms. The van der Waals surface area contributed by atoms with Crippen molar-refractivity contribution in [2.45, 2.75) is 44.8 Å². The number of carbonyl (C=O) groups is 1. The lowest BCUT2D eigenvalue weighted by Crippen LogP contribution is -2.39. The van der Waals surface area contributed by atoms with E-state index >= 15 is 0 Å². The zero-order chi connectivity index (χ0) is 19.2. The Morgan fingerprint density at radius 3 is 2.63 bits per heavy atom. The summed E-state index contributed by atoms with van der Waals surface area (Å²) in [6, 6.07) is 8.17. The Kier molecular flexibility index (Phi) is 7.33. The van der Waals surface area contributed by atoms with E-state index in [0.717, 1.165) is 42.4 Å². The number of likely N-dealkylation sites (tertiary alicyclic amines) is 1. The molecule has 148 valence electrons. The summed E-state index contributed by atoms with van der Waals surface area (Å²) in [5.74, 6) is 0.411. The maximum Gasteiger partial charge on any atom is 0.288 e. The zero-order valence-electron chi connectivity index (χ0n) is 15.8. The van der Waals surface area contributed by atoms with Crippen LogP contribution in [0.25, 0.3) is 0 Å². The third-order valence-corrected chi connectivity index (χ3v) is 5.80. The van der Waals surface area contributed by atoms with Crippen molar-refractivity contribution >= 4 is 21.8 Å². The van der Waals surface area contributed by atoms with Crippen LogP contribution in [0.4, 0.5) is 0 Å². The summed E-state index contributed by atoms with van der Waals surface area (Å²) in [7, 11) is 0. The third kappa shape index (κ3) is 4.92. The monoisotopic (exact) mass is 437 g/mol. The van der Waals surface area contributed by atoms with Gasteiger partial charge in [0.2, 0.25) is 6.29 Å². The highest BCUT2D eigenvalue weighted by Crippen LogP contribution is 2.40. The Hall–Kier alpha value is -1.37. The molecule has 2 aliphatic heterocycles. The number of hydrogen-bond acceptors (Lipinski definition) is 4. The lowest BCUT2D eigenvalue weighted by atomic mass is 9.80. The van der Waals surface area contributed by atoms with Crippen LogP contribution in [0.15, 0.2) is 40.6 Å². The maximum absolute atomic E-state index is 12.9. The number of allylic oxidation sites excluding steroid dienone is 1. The number of aliphatic hydroxyl groups is 1. The van der Waals surface area contributed by atoms with Gasteiger partial charge in [-0.2, -0.15) is 0 Å². The molecule has 0 aliphatic carbocycles. The molecule has 0 radical (unpaired) electrons. The molecule has 2 aliphatic rings. The molecule has 3 atom stereocenters. The fraction of sp³-hybridized carbons (Fsp3) is 0.571. The van der Waals surface area contributed by atoms with Gasteiger partial charge in [-0.05, 0) is 56.4 Å². The van der Waals surface area contributed by atoms with Gasteiger partial charge in [0.15, 0.2) is 5.76 Å². The second-order valence-corrected chi connectivity index (χ2v) is 7.99. The number of carbonyl (C=O) groups excluding carboxylic acids is 1. The quantitative estimate of drug-likeness (QED) is 0.703. The molecule has 0 aromatic heterocycles. The van der Waals surface area contributed by atoms with E-state index in [9.17, 15) is 9.90 Å². The zero-order valence-corrected chi connectivity index (χ0v) is 17.4. The maximum atomic E-state index is 12.9. The SMILES string of the molecule is CCO[C@@H]1OC(C(=O)N2CCCC2)=C[C@H](c2ccc(Br)cc2)[C@H]1CCCO. The molecule has 2 heterocycles. The van der Waals surface area contributed by atoms with E-state index in [1.165, 1.54) is 0 Å². The van der Waals surface area contributed by atoms with Gasteiger partial charge in [-0.1, -0.05) is 28.1 Å². The predicted octanol–water partition coefficient (Wildman–Crippen LogP) is 3.82. The summed E-state index contributed by atoms with van der Waals surface area (Å²) >= 11 is 3.48. The average Bonchev–Trinajstić information content (AvgIpc) is 3.21. The number of aliphatic hydroxyl groups excluding tert-OH is 1. The molecule has 0 spiro atoms. The van der Waals surface area contributed by atoms with Gasteiger partial charge in [0.25, 0.3) is 5.91 Å². The van der Waals surface area contributed by atoms with Crippen LogP contribution < -0.4 is 0 Å². The average molecular weight is 438 g/mol. The number of nitrogens with zero attached hydrogens (tertiary/aromatic N) is 1. The molecular formula is C21H28BrNO4. The third-order valence-electron chi connectivity index (χ3n) is 5.27. The molecule has 1 aromatic carbocycles. The van der Waals surface area contributed by atoms with E-state index in [2.05, 4.69) is 28.1 Å². The van der Waals surface area contributed by atoms with Crippen LogP contribution >= 0.6 is 15.9 Å². The Labute approximate surface area is 169 Å². The summed E-state index contributed by atoms with van der Waals surface area (Å²) in [5.41, 5.74) is 1.13. The largest absolute Gasteiger partial charge is 0.459 e. The molecule has 0 unspecified atom stereocenters. The van der Waals surface area contributed by atoms with Crippen molar-refractivity contribution in [1.29, 1.82) is 0 Å². The summed E-state index contributed by atoms with van der Waals surface area (Å²) in [6.45, 7) is 4.15. The summed E-state index contributed by atoms with van der Waals surface area (Å²) in [5, 5.41) is 9.33. The molecule has 6 heteroatoms. The van der Waals surface area contributed by atoms with Crippen molar-refractivity contribution in [2.75, 3.05) is 26.3 Å². The topological polar surface area (TPSA) is 59.0 Å². The van der Waals surface area contributed by atoms with Crippen LogP contribution in [0.3, 0.4) is 0 Å². The number of hydrogen-bond donors (Lipinski definition) is 1. The Morgan fingerprint density at radius 1 is 1.30 bits per heavy atom. The molecule has 1 saturated heterocycles. The highest BCUT2D eigenvalue weighted by Gasteiger charge is 2.39. The number of benzene rings is 1. The van der Waals surface area contributed by atoms with Crippen LogP contribution in [-0.2, 0) is 14.3 Å². The van der Waals surface area contributed by atoms with Gasteiger partial charge < -0.3 is 19.5 Å². The molecular weight excluding hydrogens is 410 g/mol. The van der Waals surface area contributed by atoms with Crippen LogP contribution in [-0.4, -0.2) is 48.5 Å². The summed E-state index contributed by atoms with van der Waals surface area (Å²) in [4.78, 5) is 14.8. The van der Waals surface area contributed by atoms with E-state index < -0.39 is 6.29 Å². The molecule has 1 N–H and O–H groups in total. The standard InChI is InChI=1S/C21H28BrNO4/c1-2-26-21-17(6-5-13-24)18(15-7-9-16(22)10-8-15)14-19(27-21)20(25)23-11-3-4-12-23/h7-10,14,17-18,21,24H,2-6,11-13H2,1H3/t17-,18-,21-/m1/s1. The molecule has 1 amide bonds. The minimum atomic E-state index is -0.484. The van der Waals surface area contributed by atoms with Gasteiger partial charge in [-0.15, -0.1) is 0 Å². The lowest BCUT2D eigenvalue weighted by molar-refractivity contribution is -0.170. The van der Waals surface area contributed by atoms with E-state index in [0.29, 0.717) is 18.8 Å². The second-order valence-electron chi connectivity index (χ2n) is 7.08. The van der Waals surface area contributed by atoms with Gasteiger partial charge in [-0.25, -0.2) is 0 Å². The van der Waals surface area contributed by atoms with E-state index in [4.69, 9.17) is 9.47 Å². The first kappa shape index (κ1) is 20.4. The van der Waals surface area contributed by atoms with Gasteiger partial charge in [0, 0.05) is 42.6 Å².